The maximum absolute atomic E-state index is 11.6. The molecule has 0 heterocycles. The fraction of sp³-hybridized carbons (Fsp3) is 0.750. The highest BCUT2D eigenvalue weighted by Gasteiger charge is 1.99. The van der Waals surface area contributed by atoms with Gasteiger partial charge in [0.2, 0.25) is 5.91 Å². The van der Waals surface area contributed by atoms with Gasteiger partial charge in [-0.3, -0.25) is 9.59 Å². The molecule has 0 saturated carbocycles. The lowest BCUT2D eigenvalue weighted by Gasteiger charge is -2.06. The summed E-state index contributed by atoms with van der Waals surface area (Å²) in [4.78, 5) is 20.6. The number of carboxylic acid groups (broad SMARTS) is 1. The minimum Gasteiger partial charge on any atom is -0.481 e. The summed E-state index contributed by atoms with van der Waals surface area (Å²) in [6.07, 6.45) is 23.2. The average molecular weight is 426 g/mol. The van der Waals surface area contributed by atoms with Crippen LogP contribution < -0.4 is 16.4 Å². The van der Waals surface area contributed by atoms with E-state index < -0.39 is 5.97 Å². The molecule has 0 fully saturated rings. The van der Waals surface area contributed by atoms with E-state index >= 15 is 0 Å². The number of aliphatic carboxylic acids is 1. The van der Waals surface area contributed by atoms with Gasteiger partial charge in [-0.25, -0.2) is 0 Å². The van der Waals surface area contributed by atoms with E-state index in [1.807, 2.05) is 0 Å². The Balaban J connectivity index is 0. The van der Waals surface area contributed by atoms with Crippen LogP contribution in [0.3, 0.4) is 0 Å². The van der Waals surface area contributed by atoms with E-state index in [-0.39, 0.29) is 5.91 Å². The van der Waals surface area contributed by atoms with Gasteiger partial charge in [0.15, 0.2) is 0 Å². The third kappa shape index (κ3) is 33.9. The van der Waals surface area contributed by atoms with Crippen molar-refractivity contribution in [1.82, 2.24) is 10.6 Å². The molecular formula is C24H47N3O3. The quantitative estimate of drug-likeness (QED) is 0.179. The summed E-state index contributed by atoms with van der Waals surface area (Å²) in [7, 11) is 0. The number of allylic oxidation sites excluding steroid dienone is 4. The second-order valence-corrected chi connectivity index (χ2v) is 7.39. The van der Waals surface area contributed by atoms with Gasteiger partial charge in [0.1, 0.15) is 0 Å². The molecule has 0 radical (unpaired) electrons. The van der Waals surface area contributed by atoms with E-state index in [9.17, 15) is 4.79 Å². The maximum Gasteiger partial charge on any atom is 0.300 e. The molecule has 0 aliphatic heterocycles. The van der Waals surface area contributed by atoms with Crippen LogP contribution >= 0.6 is 0 Å². The maximum atomic E-state index is 11.6. The molecule has 0 aromatic heterocycles. The van der Waals surface area contributed by atoms with Crippen LogP contribution in [0.5, 0.6) is 0 Å². The Hall–Kier alpha value is -1.66. The van der Waals surface area contributed by atoms with Crippen LogP contribution in [0.25, 0.3) is 0 Å². The molecule has 5 N–H and O–H groups in total. The van der Waals surface area contributed by atoms with Crippen molar-refractivity contribution in [3.8, 4) is 0 Å². The van der Waals surface area contributed by atoms with Gasteiger partial charge in [0.25, 0.3) is 5.97 Å². The molecule has 0 aliphatic rings. The molecule has 0 rings (SSSR count). The standard InChI is InChI=1S/C22H43N3O.C2H4O2/c1-2-3-4-5-6-7-8-9-10-11-12-13-14-15-16-17-22(26)25-21-20-24-19-18-23;1-2(3)4/h6-7,9-10,24H,2-5,8,11-21,23H2,1H3,(H,25,26);1H3,(H,3,4). The molecule has 1 amide bonds. The second kappa shape index (κ2) is 27.3. The van der Waals surface area contributed by atoms with Gasteiger partial charge in [-0.15, -0.1) is 0 Å². The number of carbonyl (C=O) groups excluding carboxylic acids is 1. The van der Waals surface area contributed by atoms with Gasteiger partial charge < -0.3 is 21.5 Å². The number of carbonyl (C=O) groups is 2. The first-order chi connectivity index (χ1) is 14.5. The van der Waals surface area contributed by atoms with Gasteiger partial charge in [-0.1, -0.05) is 63.3 Å². The lowest BCUT2D eigenvalue weighted by Crippen LogP contribution is -2.33. The Morgan fingerprint density at radius 3 is 2.00 bits per heavy atom. The van der Waals surface area contributed by atoms with Crippen molar-refractivity contribution in [2.24, 2.45) is 5.73 Å². The Bertz CT molecular complexity index is 433. The molecule has 0 saturated heterocycles. The molecule has 0 unspecified atom stereocenters. The number of rotatable bonds is 19. The highest BCUT2D eigenvalue weighted by atomic mass is 16.4. The van der Waals surface area contributed by atoms with E-state index in [4.69, 9.17) is 15.6 Å². The van der Waals surface area contributed by atoms with Gasteiger partial charge in [0, 0.05) is 39.5 Å². The predicted molar refractivity (Wildman–Crippen MR) is 128 cm³/mol. The zero-order valence-corrected chi connectivity index (χ0v) is 19.5. The minimum atomic E-state index is -0.833. The lowest BCUT2D eigenvalue weighted by atomic mass is 10.1. The SMILES string of the molecule is CC(=O)O.CCCCCC=CCC=CCCCCCCCC(=O)NCCNCCN. The van der Waals surface area contributed by atoms with Crippen molar-refractivity contribution in [3.05, 3.63) is 24.3 Å². The Labute approximate surface area is 184 Å². The third-order valence-corrected chi connectivity index (χ3v) is 4.30. The van der Waals surface area contributed by atoms with E-state index in [1.165, 1.54) is 51.4 Å². The molecule has 0 bridgehead atoms. The molecule has 6 nitrogen and oxygen atoms in total. The smallest absolute Gasteiger partial charge is 0.300 e. The summed E-state index contributed by atoms with van der Waals surface area (Å²) in [5, 5.41) is 13.5. The molecular weight excluding hydrogens is 378 g/mol. The highest BCUT2D eigenvalue weighted by molar-refractivity contribution is 5.75. The van der Waals surface area contributed by atoms with Crippen molar-refractivity contribution < 1.29 is 14.7 Å². The summed E-state index contributed by atoms with van der Waals surface area (Å²) in [5.74, 6) is -0.662. The Kier molecular flexibility index (Phi) is 27.8. The lowest BCUT2D eigenvalue weighted by molar-refractivity contribution is -0.134. The highest BCUT2D eigenvalue weighted by Crippen LogP contribution is 2.08. The molecule has 0 spiro atoms. The van der Waals surface area contributed by atoms with E-state index in [1.54, 1.807) is 0 Å². The summed E-state index contributed by atoms with van der Waals surface area (Å²) in [5.41, 5.74) is 5.38. The molecule has 6 heteroatoms. The summed E-state index contributed by atoms with van der Waals surface area (Å²) >= 11 is 0. The van der Waals surface area contributed by atoms with Crippen molar-refractivity contribution in [2.75, 3.05) is 26.2 Å². The normalized spacial score (nSPS) is 10.9. The number of nitrogens with two attached hydrogens (primary N) is 1. The van der Waals surface area contributed by atoms with Crippen LogP contribution in [0, 0.1) is 0 Å². The molecule has 0 aliphatic carbocycles. The summed E-state index contributed by atoms with van der Waals surface area (Å²) in [6, 6.07) is 0. The third-order valence-electron chi connectivity index (χ3n) is 4.30. The number of hydrogen-bond donors (Lipinski definition) is 4. The summed E-state index contributed by atoms with van der Waals surface area (Å²) < 4.78 is 0. The summed E-state index contributed by atoms with van der Waals surface area (Å²) in [6.45, 7) is 6.26. The molecule has 30 heavy (non-hydrogen) atoms. The first kappa shape index (κ1) is 30.5. The van der Waals surface area contributed by atoms with Crippen LogP contribution in [0.4, 0.5) is 0 Å². The second-order valence-electron chi connectivity index (χ2n) is 7.39. The van der Waals surface area contributed by atoms with Crippen LogP contribution in [0.15, 0.2) is 24.3 Å². The fourth-order valence-corrected chi connectivity index (χ4v) is 2.70. The topological polar surface area (TPSA) is 104 Å². The minimum absolute atomic E-state index is 0.172. The van der Waals surface area contributed by atoms with Gasteiger partial charge >= 0.3 is 0 Å². The van der Waals surface area contributed by atoms with Gasteiger partial charge in [-0.2, -0.15) is 0 Å². The van der Waals surface area contributed by atoms with Crippen molar-refractivity contribution in [1.29, 1.82) is 0 Å². The van der Waals surface area contributed by atoms with Crippen LogP contribution in [-0.2, 0) is 9.59 Å². The van der Waals surface area contributed by atoms with Crippen LogP contribution in [0.1, 0.15) is 90.9 Å². The van der Waals surface area contributed by atoms with Gasteiger partial charge in [0.05, 0.1) is 0 Å². The molecule has 0 aromatic rings. The van der Waals surface area contributed by atoms with Crippen molar-refractivity contribution >= 4 is 11.9 Å². The molecule has 0 atom stereocenters. The first-order valence-electron chi connectivity index (χ1n) is 11.7. The van der Waals surface area contributed by atoms with Crippen molar-refractivity contribution in [2.45, 2.75) is 90.9 Å². The number of amides is 1. The number of carboxylic acids is 1. The number of hydrogen-bond acceptors (Lipinski definition) is 4. The average Bonchev–Trinajstić information content (AvgIpc) is 2.70. The largest absolute Gasteiger partial charge is 0.481 e. The molecule has 0 aromatic carbocycles. The molecule has 176 valence electrons. The Morgan fingerprint density at radius 1 is 0.833 bits per heavy atom. The zero-order valence-electron chi connectivity index (χ0n) is 19.5. The van der Waals surface area contributed by atoms with E-state index in [0.717, 1.165) is 39.3 Å². The fourth-order valence-electron chi connectivity index (χ4n) is 2.70. The monoisotopic (exact) mass is 425 g/mol. The van der Waals surface area contributed by atoms with E-state index in [2.05, 4.69) is 41.9 Å². The Morgan fingerprint density at radius 2 is 1.40 bits per heavy atom. The first-order valence-corrected chi connectivity index (χ1v) is 11.7. The zero-order chi connectivity index (χ0) is 22.7. The van der Waals surface area contributed by atoms with Crippen LogP contribution in [-0.4, -0.2) is 43.2 Å². The van der Waals surface area contributed by atoms with Crippen LogP contribution in [0.2, 0.25) is 0 Å². The number of nitrogens with one attached hydrogen (secondary N) is 2. The number of unbranched alkanes of at least 4 members (excludes halogenated alkanes) is 8. The predicted octanol–water partition coefficient (Wildman–Crippen LogP) is 4.56. The van der Waals surface area contributed by atoms with Gasteiger partial charge in [-0.05, 0) is 38.5 Å². The van der Waals surface area contributed by atoms with E-state index in [0.29, 0.717) is 19.5 Å². The van der Waals surface area contributed by atoms with Crippen molar-refractivity contribution in [3.63, 3.8) is 0 Å².